The van der Waals surface area contributed by atoms with Crippen molar-refractivity contribution in [2.45, 2.75) is 25.7 Å². The fourth-order valence-corrected chi connectivity index (χ4v) is 4.73. The first kappa shape index (κ1) is 20.8. The van der Waals surface area contributed by atoms with Crippen molar-refractivity contribution in [2.75, 3.05) is 18.4 Å². The van der Waals surface area contributed by atoms with Crippen LogP contribution in [-0.2, 0) is 10.0 Å². The maximum atomic E-state index is 12.9. The fraction of sp³-hybridized carbons (Fsp3) is 0.238. The summed E-state index contributed by atoms with van der Waals surface area (Å²) < 4.78 is 28.8. The Morgan fingerprint density at radius 2 is 1.76 bits per heavy atom. The molecule has 0 unspecified atom stereocenters. The van der Waals surface area contributed by atoms with Gasteiger partial charge in [-0.05, 0) is 36.8 Å². The second-order valence-corrected chi connectivity index (χ2v) is 8.41. The van der Waals surface area contributed by atoms with Gasteiger partial charge in [0.25, 0.3) is 5.91 Å². The molecule has 2 aromatic carbocycles. The average Bonchev–Trinajstić information content (AvgIpc) is 3.18. The monoisotopic (exact) mass is 412 g/mol. The highest BCUT2D eigenvalue weighted by Gasteiger charge is 2.24. The summed E-state index contributed by atoms with van der Waals surface area (Å²) in [4.78, 5) is 12.8. The van der Waals surface area contributed by atoms with Gasteiger partial charge in [0.05, 0.1) is 10.6 Å². The molecule has 0 spiro atoms. The quantitative estimate of drug-likeness (QED) is 0.644. The highest BCUT2D eigenvalue weighted by atomic mass is 32.2. The summed E-state index contributed by atoms with van der Waals surface area (Å²) in [5.41, 5.74) is 1.73. The van der Waals surface area contributed by atoms with Crippen LogP contribution in [0, 0.1) is 6.92 Å². The van der Waals surface area contributed by atoms with Crippen LogP contribution in [0.2, 0.25) is 0 Å². The minimum Gasteiger partial charge on any atom is -0.305 e. The number of aryl methyl sites for hydroxylation is 1. The molecule has 0 aliphatic heterocycles. The van der Waals surface area contributed by atoms with Crippen LogP contribution in [0.4, 0.5) is 5.82 Å². The van der Waals surface area contributed by atoms with E-state index < -0.39 is 15.9 Å². The zero-order valence-corrected chi connectivity index (χ0v) is 17.5. The van der Waals surface area contributed by atoms with Gasteiger partial charge in [0.1, 0.15) is 0 Å². The number of nitrogens with one attached hydrogen (secondary N) is 1. The summed E-state index contributed by atoms with van der Waals surface area (Å²) in [5, 5.41) is 7.07. The van der Waals surface area contributed by atoms with Crippen LogP contribution in [0.25, 0.3) is 5.69 Å². The first-order chi connectivity index (χ1) is 13.9. The summed E-state index contributed by atoms with van der Waals surface area (Å²) in [5.74, 6) is -0.0353. The van der Waals surface area contributed by atoms with Crippen molar-refractivity contribution in [1.29, 1.82) is 0 Å². The van der Waals surface area contributed by atoms with Gasteiger partial charge in [-0.3, -0.25) is 4.79 Å². The van der Waals surface area contributed by atoms with Crippen molar-refractivity contribution in [2.24, 2.45) is 0 Å². The summed E-state index contributed by atoms with van der Waals surface area (Å²) >= 11 is 0. The van der Waals surface area contributed by atoms with E-state index in [0.29, 0.717) is 24.5 Å². The molecule has 8 heteroatoms. The van der Waals surface area contributed by atoms with Gasteiger partial charge in [-0.15, -0.1) is 0 Å². The van der Waals surface area contributed by atoms with Crippen molar-refractivity contribution >= 4 is 21.7 Å². The van der Waals surface area contributed by atoms with E-state index in [-0.39, 0.29) is 10.5 Å². The van der Waals surface area contributed by atoms with E-state index in [1.54, 1.807) is 49.8 Å². The number of rotatable bonds is 7. The van der Waals surface area contributed by atoms with Gasteiger partial charge >= 0.3 is 0 Å². The Balaban J connectivity index is 1.85. The third-order valence-electron chi connectivity index (χ3n) is 4.62. The molecule has 0 fully saturated rings. The molecule has 1 amide bonds. The molecule has 0 aliphatic carbocycles. The predicted octanol–water partition coefficient (Wildman–Crippen LogP) is 3.46. The maximum absolute atomic E-state index is 12.9. The smallest absolute Gasteiger partial charge is 0.256 e. The van der Waals surface area contributed by atoms with Crippen molar-refractivity contribution in [3.63, 3.8) is 0 Å². The first-order valence-electron chi connectivity index (χ1n) is 9.40. The van der Waals surface area contributed by atoms with E-state index in [4.69, 9.17) is 0 Å². The largest absolute Gasteiger partial charge is 0.305 e. The van der Waals surface area contributed by atoms with Gasteiger partial charge in [0.15, 0.2) is 5.82 Å². The predicted molar refractivity (Wildman–Crippen MR) is 113 cm³/mol. The number of hydrogen-bond donors (Lipinski definition) is 1. The third-order valence-corrected chi connectivity index (χ3v) is 6.82. The Morgan fingerprint density at radius 1 is 1.07 bits per heavy atom. The van der Waals surface area contributed by atoms with Gasteiger partial charge in [0.2, 0.25) is 10.0 Å². The number of para-hydroxylation sites is 1. The molecule has 0 saturated heterocycles. The Hall–Kier alpha value is -2.97. The minimum atomic E-state index is -3.66. The highest BCUT2D eigenvalue weighted by Crippen LogP contribution is 2.22. The summed E-state index contributed by atoms with van der Waals surface area (Å²) in [6.07, 6.45) is 1.75. The Kier molecular flexibility index (Phi) is 6.14. The zero-order chi connectivity index (χ0) is 21.0. The molecular weight excluding hydrogens is 388 g/mol. The average molecular weight is 413 g/mol. The molecule has 152 valence electrons. The molecule has 3 rings (SSSR count). The second-order valence-electron chi connectivity index (χ2n) is 6.50. The van der Waals surface area contributed by atoms with E-state index in [0.717, 1.165) is 5.69 Å². The molecule has 1 heterocycles. The number of carbonyl (C=O) groups is 1. The van der Waals surface area contributed by atoms with Crippen molar-refractivity contribution in [3.8, 4) is 5.69 Å². The number of sulfonamides is 1. The van der Waals surface area contributed by atoms with Crippen molar-refractivity contribution in [1.82, 2.24) is 14.1 Å². The molecule has 29 heavy (non-hydrogen) atoms. The maximum Gasteiger partial charge on any atom is 0.256 e. The number of nitrogens with zero attached hydrogens (tertiary/aromatic N) is 3. The molecule has 0 atom stereocenters. The van der Waals surface area contributed by atoms with E-state index in [1.165, 1.54) is 10.4 Å². The minimum absolute atomic E-state index is 0.142. The molecule has 0 aliphatic rings. The van der Waals surface area contributed by atoms with Gasteiger partial charge in [-0.2, -0.15) is 9.40 Å². The SMILES string of the molecule is CCN(CC)S(=O)(=O)c1cc(C(=O)Nc2ccn(-c3ccccc3)n2)ccc1C. The topological polar surface area (TPSA) is 84.3 Å². The molecule has 0 radical (unpaired) electrons. The first-order valence-corrected chi connectivity index (χ1v) is 10.8. The van der Waals surface area contributed by atoms with Crippen LogP contribution in [0.5, 0.6) is 0 Å². The van der Waals surface area contributed by atoms with Crippen LogP contribution >= 0.6 is 0 Å². The molecule has 0 saturated carbocycles. The van der Waals surface area contributed by atoms with Crippen LogP contribution in [0.1, 0.15) is 29.8 Å². The van der Waals surface area contributed by atoms with E-state index in [1.807, 2.05) is 30.3 Å². The number of amides is 1. The number of carbonyl (C=O) groups excluding carboxylic acids is 1. The molecule has 7 nitrogen and oxygen atoms in total. The summed E-state index contributed by atoms with van der Waals surface area (Å²) in [6.45, 7) is 6.03. The summed E-state index contributed by atoms with van der Waals surface area (Å²) in [7, 11) is -3.66. The molecule has 1 aromatic heterocycles. The van der Waals surface area contributed by atoms with Gasteiger partial charge in [-0.1, -0.05) is 38.1 Å². The lowest BCUT2D eigenvalue weighted by molar-refractivity contribution is 0.102. The molecule has 3 aromatic rings. The number of benzene rings is 2. The normalized spacial score (nSPS) is 11.6. The van der Waals surface area contributed by atoms with Gasteiger partial charge < -0.3 is 5.32 Å². The van der Waals surface area contributed by atoms with Crippen LogP contribution in [-0.4, -0.2) is 41.5 Å². The number of hydrogen-bond acceptors (Lipinski definition) is 4. The highest BCUT2D eigenvalue weighted by molar-refractivity contribution is 7.89. The van der Waals surface area contributed by atoms with Crippen LogP contribution in [0.3, 0.4) is 0 Å². The lowest BCUT2D eigenvalue weighted by Crippen LogP contribution is -2.31. The number of anilines is 1. The second kappa shape index (κ2) is 8.59. The molecule has 0 bridgehead atoms. The van der Waals surface area contributed by atoms with E-state index in [2.05, 4.69) is 10.4 Å². The third kappa shape index (κ3) is 4.38. The van der Waals surface area contributed by atoms with Crippen LogP contribution in [0.15, 0.2) is 65.7 Å². The van der Waals surface area contributed by atoms with E-state index in [9.17, 15) is 13.2 Å². The van der Waals surface area contributed by atoms with Crippen molar-refractivity contribution in [3.05, 3.63) is 71.9 Å². The Morgan fingerprint density at radius 3 is 2.41 bits per heavy atom. The standard InChI is InChI=1S/C21H24N4O3S/c1-4-24(5-2)29(27,28)19-15-17(12-11-16(19)3)21(26)22-20-13-14-25(23-20)18-9-7-6-8-10-18/h6-15H,4-5H2,1-3H3,(H,22,23,26). The Labute approximate surface area is 171 Å². The summed E-state index contributed by atoms with van der Waals surface area (Å²) in [6, 6.07) is 15.9. The molecule has 1 N–H and O–H groups in total. The van der Waals surface area contributed by atoms with Gasteiger partial charge in [0, 0.05) is 30.9 Å². The van der Waals surface area contributed by atoms with Crippen LogP contribution < -0.4 is 5.32 Å². The number of aromatic nitrogens is 2. The zero-order valence-electron chi connectivity index (χ0n) is 16.7. The van der Waals surface area contributed by atoms with E-state index >= 15 is 0 Å². The Bertz CT molecular complexity index is 1100. The van der Waals surface area contributed by atoms with Crippen molar-refractivity contribution < 1.29 is 13.2 Å². The fourth-order valence-electron chi connectivity index (χ4n) is 3.03. The lowest BCUT2D eigenvalue weighted by Gasteiger charge is -2.20. The molecular formula is C21H24N4O3S. The lowest BCUT2D eigenvalue weighted by atomic mass is 10.1. The van der Waals surface area contributed by atoms with Gasteiger partial charge in [-0.25, -0.2) is 13.1 Å².